The van der Waals surface area contributed by atoms with Crippen molar-refractivity contribution in [3.63, 3.8) is 0 Å². The summed E-state index contributed by atoms with van der Waals surface area (Å²) < 4.78 is 1.57. The Balaban J connectivity index is 2.09. The minimum atomic E-state index is 0.547. The van der Waals surface area contributed by atoms with Crippen LogP contribution in [-0.4, -0.2) is 35.6 Å². The molecule has 0 bridgehead atoms. The minimum Gasteiger partial charge on any atom is -0.315 e. The molecule has 15 heavy (non-hydrogen) atoms. The molecule has 4 nitrogen and oxygen atoms in total. The molecule has 3 aliphatic heterocycles. The van der Waals surface area contributed by atoms with Gasteiger partial charge in [-0.1, -0.05) is 0 Å². The molecular weight excluding hydrogens is 256 g/mol. The number of allylic oxidation sites excluding steroid dienone is 1. The van der Waals surface area contributed by atoms with Gasteiger partial charge < -0.3 is 5.32 Å². The van der Waals surface area contributed by atoms with Crippen molar-refractivity contribution in [1.29, 1.82) is 0 Å². The molecule has 0 amide bonds. The summed E-state index contributed by atoms with van der Waals surface area (Å²) in [5, 5.41) is 3.27. The van der Waals surface area contributed by atoms with E-state index in [9.17, 15) is 0 Å². The smallest absolute Gasteiger partial charge is 0.281 e. The van der Waals surface area contributed by atoms with E-state index >= 15 is 0 Å². The second-order valence-electron chi connectivity index (χ2n) is 4.16. The van der Waals surface area contributed by atoms with Gasteiger partial charge in [-0.25, -0.2) is 4.48 Å². The van der Waals surface area contributed by atoms with Crippen LogP contribution in [0.3, 0.4) is 0 Å². The normalized spacial score (nSPS) is 34.1. The molecule has 0 aromatic heterocycles. The van der Waals surface area contributed by atoms with E-state index in [1.807, 2.05) is 18.6 Å². The molecule has 1 fully saturated rings. The lowest BCUT2D eigenvalue weighted by molar-refractivity contribution is -0.709. The van der Waals surface area contributed by atoms with E-state index in [0.717, 1.165) is 17.8 Å². The van der Waals surface area contributed by atoms with E-state index in [4.69, 9.17) is 0 Å². The average Bonchev–Trinajstić information content (AvgIpc) is 2.38. The van der Waals surface area contributed by atoms with Crippen molar-refractivity contribution >= 4 is 26.9 Å². The predicted molar refractivity (Wildman–Crippen MR) is 63.6 cm³/mol. The topological polar surface area (TPSA) is 36.8 Å². The first-order valence-electron chi connectivity index (χ1n) is 4.99. The van der Waals surface area contributed by atoms with Gasteiger partial charge in [-0.05, 0) is 0 Å². The number of aliphatic imine (C=N–C) groups is 2. The molecule has 1 N–H and O–H groups in total. The molecule has 0 aromatic rings. The van der Waals surface area contributed by atoms with Crippen molar-refractivity contribution in [2.75, 3.05) is 20.1 Å². The molecule has 0 spiro atoms. The molecule has 0 saturated carbocycles. The van der Waals surface area contributed by atoms with Gasteiger partial charge in [-0.15, -0.1) is 0 Å². The highest BCUT2D eigenvalue weighted by Crippen LogP contribution is 2.36. The van der Waals surface area contributed by atoms with Crippen molar-refractivity contribution in [3.8, 4) is 0 Å². The Hall–Kier alpha value is -0.780. The number of amidine groups is 1. The van der Waals surface area contributed by atoms with Crippen LogP contribution in [0.5, 0.6) is 0 Å². The largest absolute Gasteiger partial charge is 0.315 e. The second-order valence-corrected chi connectivity index (χ2v) is 4.87. The van der Waals surface area contributed by atoms with Crippen molar-refractivity contribution in [3.05, 3.63) is 23.8 Å². The van der Waals surface area contributed by atoms with Crippen molar-refractivity contribution in [2.24, 2.45) is 15.9 Å². The number of halogens is 1. The molecule has 78 valence electrons. The van der Waals surface area contributed by atoms with Crippen LogP contribution in [0.1, 0.15) is 0 Å². The molecular formula is C10H12BrN4+. The summed E-state index contributed by atoms with van der Waals surface area (Å²) in [6.45, 7) is 2.06. The third-order valence-corrected chi connectivity index (χ3v) is 4.09. The summed E-state index contributed by atoms with van der Waals surface area (Å²) in [7, 11) is 2.11. The summed E-state index contributed by atoms with van der Waals surface area (Å²) in [5.74, 6) is 0.547. The second kappa shape index (κ2) is 3.10. The number of hydrogen-bond acceptors (Lipinski definition) is 3. The zero-order valence-corrected chi connectivity index (χ0v) is 10.0. The van der Waals surface area contributed by atoms with E-state index < -0.39 is 0 Å². The van der Waals surface area contributed by atoms with Gasteiger partial charge in [0.2, 0.25) is 0 Å². The molecule has 0 aliphatic carbocycles. The van der Waals surface area contributed by atoms with E-state index in [0.29, 0.717) is 10.4 Å². The molecule has 5 heteroatoms. The maximum atomic E-state index is 4.63. The van der Waals surface area contributed by atoms with Crippen LogP contribution in [0.2, 0.25) is 0 Å². The summed E-state index contributed by atoms with van der Waals surface area (Å²) in [4.78, 5) is 8.83. The monoisotopic (exact) mass is 267 g/mol. The summed E-state index contributed by atoms with van der Waals surface area (Å²) in [6, 6.07) is 0. The quantitative estimate of drug-likeness (QED) is 0.562. The van der Waals surface area contributed by atoms with Gasteiger partial charge in [0.05, 0.1) is 19.5 Å². The highest BCUT2D eigenvalue weighted by Gasteiger charge is 2.43. The fourth-order valence-corrected chi connectivity index (χ4v) is 2.49. The summed E-state index contributed by atoms with van der Waals surface area (Å²) >= 11 is 3.55. The Bertz CT molecular complexity index is 431. The number of nitrogens with one attached hydrogen (secondary N) is 1. The number of fused-ring (bicyclic) bond motifs is 1. The van der Waals surface area contributed by atoms with Crippen molar-refractivity contribution in [2.45, 2.75) is 0 Å². The highest BCUT2D eigenvalue weighted by molar-refractivity contribution is 9.18. The predicted octanol–water partition coefficient (Wildman–Crippen LogP) is 1.18. The van der Waals surface area contributed by atoms with Gasteiger partial charge in [-0.3, -0.25) is 4.99 Å². The van der Waals surface area contributed by atoms with Crippen LogP contribution >= 0.6 is 15.9 Å². The lowest BCUT2D eigenvalue weighted by Crippen LogP contribution is -2.44. The number of quaternary nitrogens is 1. The van der Waals surface area contributed by atoms with Gasteiger partial charge in [0, 0.05) is 34.9 Å². The van der Waals surface area contributed by atoms with Crippen LogP contribution in [0.15, 0.2) is 33.8 Å². The van der Waals surface area contributed by atoms with Gasteiger partial charge >= 0.3 is 0 Å². The molecule has 1 atom stereocenters. The zero-order valence-electron chi connectivity index (χ0n) is 8.44. The van der Waals surface area contributed by atoms with E-state index in [-0.39, 0.29) is 0 Å². The van der Waals surface area contributed by atoms with Gasteiger partial charge in [-0.2, -0.15) is 4.99 Å². The molecule has 3 heterocycles. The molecule has 1 unspecified atom stereocenters. The van der Waals surface area contributed by atoms with Crippen LogP contribution < -0.4 is 5.32 Å². The lowest BCUT2D eigenvalue weighted by atomic mass is 9.98. The SMILES string of the molecule is C[N+]12C=CN=CC1=C(C1CNC1)N=C2Br. The van der Waals surface area contributed by atoms with Gasteiger partial charge in [0.25, 0.3) is 4.74 Å². The van der Waals surface area contributed by atoms with E-state index in [2.05, 4.69) is 38.3 Å². The van der Waals surface area contributed by atoms with Crippen LogP contribution in [0, 0.1) is 5.92 Å². The third-order valence-electron chi connectivity index (χ3n) is 3.17. The first kappa shape index (κ1) is 9.45. The summed E-state index contributed by atoms with van der Waals surface area (Å²) in [5.41, 5.74) is 2.37. The zero-order chi connectivity index (χ0) is 10.5. The number of hydrogen-bond donors (Lipinski definition) is 1. The fraction of sp³-hybridized carbons (Fsp3) is 0.400. The molecule has 3 aliphatic rings. The van der Waals surface area contributed by atoms with Crippen LogP contribution in [0.4, 0.5) is 0 Å². The molecule has 1 saturated heterocycles. The Morgan fingerprint density at radius 1 is 1.53 bits per heavy atom. The van der Waals surface area contributed by atoms with Crippen LogP contribution in [0.25, 0.3) is 0 Å². The Kier molecular flexibility index (Phi) is 1.95. The maximum Gasteiger partial charge on any atom is 0.281 e. The standard InChI is InChI=1S/C10H12BrN4/c1-15-3-2-12-6-8(15)9(14-10(15)11)7-4-13-5-7/h2-3,6-7,13H,4-5H2,1H3/q+1. The molecule has 3 rings (SSSR count). The first-order chi connectivity index (χ1) is 7.22. The number of nitrogens with zero attached hydrogens (tertiary/aromatic N) is 3. The van der Waals surface area contributed by atoms with Crippen molar-refractivity contribution < 1.29 is 4.48 Å². The Morgan fingerprint density at radius 3 is 3.00 bits per heavy atom. The van der Waals surface area contributed by atoms with Gasteiger partial charge in [0.1, 0.15) is 11.9 Å². The Labute approximate surface area is 96.8 Å². The highest BCUT2D eigenvalue weighted by atomic mass is 79.9. The average molecular weight is 268 g/mol. The summed E-state index contributed by atoms with van der Waals surface area (Å²) in [6.07, 6.45) is 5.79. The molecule has 0 aromatic carbocycles. The maximum absolute atomic E-state index is 4.63. The fourth-order valence-electron chi connectivity index (χ4n) is 1.99. The lowest BCUT2D eigenvalue weighted by Gasteiger charge is -2.28. The minimum absolute atomic E-state index is 0.547. The number of rotatable bonds is 1. The molecule has 0 radical (unpaired) electrons. The Morgan fingerprint density at radius 2 is 2.33 bits per heavy atom. The third kappa shape index (κ3) is 1.20. The van der Waals surface area contributed by atoms with Gasteiger partial charge in [0.15, 0.2) is 5.70 Å². The van der Waals surface area contributed by atoms with Crippen molar-refractivity contribution in [1.82, 2.24) is 5.32 Å². The van der Waals surface area contributed by atoms with Crippen LogP contribution in [-0.2, 0) is 0 Å². The van der Waals surface area contributed by atoms with E-state index in [1.165, 1.54) is 11.4 Å². The van der Waals surface area contributed by atoms with E-state index in [1.54, 1.807) is 0 Å². The first-order valence-corrected chi connectivity index (χ1v) is 5.78.